The van der Waals surface area contributed by atoms with E-state index in [1.165, 1.54) is 4.31 Å². The van der Waals surface area contributed by atoms with E-state index in [9.17, 15) is 13.2 Å². The van der Waals surface area contributed by atoms with Gasteiger partial charge in [-0.15, -0.1) is 0 Å². The van der Waals surface area contributed by atoms with Gasteiger partial charge in [0.15, 0.2) is 0 Å². The van der Waals surface area contributed by atoms with Gasteiger partial charge < -0.3 is 4.90 Å². The first-order valence-electron chi connectivity index (χ1n) is 7.74. The fraction of sp³-hybridized carbons (Fsp3) is 0.562. The quantitative estimate of drug-likeness (QED) is 0.793. The van der Waals surface area contributed by atoms with Crippen LogP contribution in [0, 0.1) is 19.8 Å². The highest BCUT2D eigenvalue weighted by Crippen LogP contribution is 2.36. The maximum atomic E-state index is 13.0. The van der Waals surface area contributed by atoms with Crippen molar-refractivity contribution >= 4 is 39.1 Å². The van der Waals surface area contributed by atoms with E-state index in [2.05, 4.69) is 0 Å². The zero-order valence-corrected chi connectivity index (χ0v) is 16.6. The highest BCUT2D eigenvalue weighted by atomic mass is 35.5. The summed E-state index contributed by atoms with van der Waals surface area (Å²) in [6.45, 7) is 3.99. The summed E-state index contributed by atoms with van der Waals surface area (Å²) in [5.74, 6) is -0.0935. The Morgan fingerprint density at radius 1 is 1.21 bits per heavy atom. The van der Waals surface area contributed by atoms with Gasteiger partial charge in [0, 0.05) is 38.1 Å². The first kappa shape index (κ1) is 19.5. The predicted octanol–water partition coefficient (Wildman–Crippen LogP) is 3.10. The number of rotatable bonds is 3. The van der Waals surface area contributed by atoms with Crippen molar-refractivity contribution < 1.29 is 13.2 Å². The van der Waals surface area contributed by atoms with Gasteiger partial charge in [0.1, 0.15) is 4.90 Å². The maximum Gasteiger partial charge on any atom is 0.244 e. The normalized spacial score (nSPS) is 17.1. The van der Waals surface area contributed by atoms with Crippen LogP contribution >= 0.6 is 23.2 Å². The molecule has 5 nitrogen and oxygen atoms in total. The number of carbonyl (C=O) groups is 1. The van der Waals surface area contributed by atoms with Crippen molar-refractivity contribution in [3.05, 3.63) is 27.2 Å². The monoisotopic (exact) mass is 392 g/mol. The largest absolute Gasteiger partial charge is 0.349 e. The number of nitrogens with zero attached hydrogens (tertiary/aromatic N) is 2. The molecule has 24 heavy (non-hydrogen) atoms. The molecule has 2 rings (SSSR count). The minimum absolute atomic E-state index is 0.0415. The topological polar surface area (TPSA) is 57.7 Å². The van der Waals surface area contributed by atoms with Gasteiger partial charge in [0.05, 0.1) is 5.02 Å². The van der Waals surface area contributed by atoms with Crippen molar-refractivity contribution in [3.63, 3.8) is 0 Å². The number of hydrogen-bond acceptors (Lipinski definition) is 3. The third-order valence-corrected chi connectivity index (χ3v) is 7.49. The first-order chi connectivity index (χ1) is 11.1. The molecule has 1 saturated heterocycles. The summed E-state index contributed by atoms with van der Waals surface area (Å²) in [5, 5.41) is 0.594. The highest BCUT2D eigenvalue weighted by Gasteiger charge is 2.35. The predicted molar refractivity (Wildman–Crippen MR) is 96.1 cm³/mol. The summed E-state index contributed by atoms with van der Waals surface area (Å²) in [4.78, 5) is 13.7. The molecule has 1 aromatic carbocycles. The van der Waals surface area contributed by atoms with E-state index in [-0.39, 0.29) is 21.7 Å². The van der Waals surface area contributed by atoms with Gasteiger partial charge in [0.25, 0.3) is 0 Å². The van der Waals surface area contributed by atoms with E-state index < -0.39 is 10.0 Å². The van der Waals surface area contributed by atoms with E-state index in [0.717, 1.165) is 0 Å². The van der Waals surface area contributed by atoms with E-state index in [4.69, 9.17) is 23.2 Å². The second kappa shape index (κ2) is 7.20. The van der Waals surface area contributed by atoms with Crippen molar-refractivity contribution in [1.29, 1.82) is 0 Å². The SMILES string of the molecule is Cc1cc(Cl)c(C)c(S(=O)(=O)N2CCC(C(=O)N(C)C)CC2)c1Cl. The standard InChI is InChI=1S/C16H22Cl2N2O3S/c1-10-9-13(17)11(2)15(14(10)18)24(22,23)20-7-5-12(6-8-20)16(21)19(3)4/h9,12H,5-8H2,1-4H3. The van der Waals surface area contributed by atoms with E-state index in [1.54, 1.807) is 38.9 Å². The summed E-state index contributed by atoms with van der Waals surface area (Å²) in [6.07, 6.45) is 1.01. The van der Waals surface area contributed by atoms with E-state index >= 15 is 0 Å². The summed E-state index contributed by atoms with van der Waals surface area (Å²) in [7, 11) is -0.322. The number of carbonyl (C=O) groups excluding carboxylic acids is 1. The molecule has 0 bridgehead atoms. The van der Waals surface area contributed by atoms with Gasteiger partial charge in [-0.1, -0.05) is 23.2 Å². The molecular formula is C16H22Cl2N2O3S. The minimum Gasteiger partial charge on any atom is -0.349 e. The lowest BCUT2D eigenvalue weighted by molar-refractivity contribution is -0.134. The number of hydrogen-bond donors (Lipinski definition) is 0. The Labute approximate surface area is 153 Å². The van der Waals surface area contributed by atoms with Crippen LogP contribution in [0.1, 0.15) is 24.0 Å². The van der Waals surface area contributed by atoms with Crippen LogP contribution in [0.15, 0.2) is 11.0 Å². The average molecular weight is 393 g/mol. The van der Waals surface area contributed by atoms with Gasteiger partial charge in [-0.05, 0) is 43.9 Å². The molecule has 8 heteroatoms. The van der Waals surface area contributed by atoms with Crippen LogP contribution in [-0.2, 0) is 14.8 Å². The smallest absolute Gasteiger partial charge is 0.244 e. The molecule has 0 atom stereocenters. The minimum atomic E-state index is -3.75. The molecule has 0 unspecified atom stereocenters. The number of halogens is 2. The lowest BCUT2D eigenvalue weighted by Crippen LogP contribution is -2.43. The number of sulfonamides is 1. The molecule has 1 amide bonds. The summed E-state index contributed by atoms with van der Waals surface area (Å²) >= 11 is 12.4. The zero-order valence-electron chi connectivity index (χ0n) is 14.3. The van der Waals surface area contributed by atoms with E-state index in [1.807, 2.05) is 0 Å². The number of aryl methyl sites for hydroxylation is 1. The molecule has 0 N–H and O–H groups in total. The summed E-state index contributed by atoms with van der Waals surface area (Å²) in [6, 6.07) is 1.67. The molecular weight excluding hydrogens is 371 g/mol. The second-order valence-electron chi connectivity index (χ2n) is 6.35. The average Bonchev–Trinajstić information content (AvgIpc) is 2.52. The van der Waals surface area contributed by atoms with Gasteiger partial charge >= 0.3 is 0 Å². The molecule has 1 heterocycles. The Morgan fingerprint density at radius 3 is 2.25 bits per heavy atom. The summed E-state index contributed by atoms with van der Waals surface area (Å²) in [5.41, 5.74) is 1.09. The molecule has 134 valence electrons. The number of benzene rings is 1. The Bertz CT molecular complexity index is 729. The van der Waals surface area contributed by atoms with Crippen LogP contribution in [0.2, 0.25) is 10.0 Å². The molecule has 0 radical (unpaired) electrons. The number of amides is 1. The molecule has 0 spiro atoms. The van der Waals surface area contributed by atoms with Crippen molar-refractivity contribution in [2.75, 3.05) is 27.2 Å². The van der Waals surface area contributed by atoms with Crippen LogP contribution in [0.3, 0.4) is 0 Å². The van der Waals surface area contributed by atoms with Crippen molar-refractivity contribution in [1.82, 2.24) is 9.21 Å². The Morgan fingerprint density at radius 2 is 1.75 bits per heavy atom. The lowest BCUT2D eigenvalue weighted by Gasteiger charge is -2.32. The second-order valence-corrected chi connectivity index (χ2v) is 9.01. The Hall–Kier alpha value is -0.820. The van der Waals surface area contributed by atoms with Crippen LogP contribution in [0.25, 0.3) is 0 Å². The zero-order chi connectivity index (χ0) is 18.2. The first-order valence-corrected chi connectivity index (χ1v) is 9.93. The van der Waals surface area contributed by atoms with Crippen molar-refractivity contribution in [3.8, 4) is 0 Å². The fourth-order valence-corrected chi connectivity index (χ4v) is 5.59. The van der Waals surface area contributed by atoms with Crippen LogP contribution in [-0.4, -0.2) is 50.7 Å². The third-order valence-electron chi connectivity index (χ3n) is 4.43. The Balaban J connectivity index is 2.30. The molecule has 0 aliphatic carbocycles. The highest BCUT2D eigenvalue weighted by molar-refractivity contribution is 7.89. The van der Waals surface area contributed by atoms with Crippen molar-refractivity contribution in [2.24, 2.45) is 5.92 Å². The van der Waals surface area contributed by atoms with Gasteiger partial charge in [-0.2, -0.15) is 4.31 Å². The maximum absolute atomic E-state index is 13.0. The number of piperidine rings is 1. The molecule has 0 aromatic heterocycles. The summed E-state index contributed by atoms with van der Waals surface area (Å²) < 4.78 is 27.5. The Kier molecular flexibility index (Phi) is 5.85. The van der Waals surface area contributed by atoms with E-state index in [0.29, 0.717) is 42.1 Å². The fourth-order valence-electron chi connectivity index (χ4n) is 2.96. The van der Waals surface area contributed by atoms with Crippen LogP contribution < -0.4 is 0 Å². The van der Waals surface area contributed by atoms with Gasteiger partial charge in [-0.3, -0.25) is 4.79 Å². The molecule has 1 aromatic rings. The third kappa shape index (κ3) is 3.57. The lowest BCUT2D eigenvalue weighted by atomic mass is 9.97. The molecule has 1 aliphatic heterocycles. The molecule has 1 fully saturated rings. The molecule has 1 aliphatic rings. The van der Waals surface area contributed by atoms with Gasteiger partial charge in [0.2, 0.25) is 15.9 Å². The van der Waals surface area contributed by atoms with Crippen LogP contribution in [0.5, 0.6) is 0 Å². The van der Waals surface area contributed by atoms with Crippen LogP contribution in [0.4, 0.5) is 0 Å². The van der Waals surface area contributed by atoms with Crippen molar-refractivity contribution in [2.45, 2.75) is 31.6 Å². The molecule has 0 saturated carbocycles. The van der Waals surface area contributed by atoms with Gasteiger partial charge in [-0.25, -0.2) is 8.42 Å².